The molecule has 0 aromatic heterocycles. The van der Waals surface area contributed by atoms with Crippen LogP contribution in [0.25, 0.3) is 0 Å². The second kappa shape index (κ2) is 94.3. The van der Waals surface area contributed by atoms with E-state index in [-0.39, 0.29) is 17.5 Å². The molecule has 95 heavy (non-hydrogen) atoms. The van der Waals surface area contributed by atoms with Crippen molar-refractivity contribution in [2.24, 2.45) is 10.7 Å². The van der Waals surface area contributed by atoms with Gasteiger partial charge in [-0.1, -0.05) is 156 Å². The lowest BCUT2D eigenvalue weighted by molar-refractivity contribution is 0.277. The average molecular weight is 1390 g/mol. The Kier molecular flexibility index (Phi) is 110. The number of benzene rings is 6. The van der Waals surface area contributed by atoms with Crippen LogP contribution in [0.5, 0.6) is 0 Å². The van der Waals surface area contributed by atoms with Crippen molar-refractivity contribution >= 4 is 38.7 Å². The van der Waals surface area contributed by atoms with E-state index in [0.717, 1.165) is 77.2 Å². The van der Waals surface area contributed by atoms with E-state index in [9.17, 15) is 25.8 Å². The lowest BCUT2D eigenvalue weighted by atomic mass is 10.1. The van der Waals surface area contributed by atoms with Crippen LogP contribution in [0.15, 0.2) is 175 Å². The zero-order valence-corrected chi connectivity index (χ0v) is 65.3. The van der Waals surface area contributed by atoms with E-state index in [1.54, 1.807) is 76.1 Å². The summed E-state index contributed by atoms with van der Waals surface area (Å²) in [6, 6.07) is 50.3. The summed E-state index contributed by atoms with van der Waals surface area (Å²) in [5.74, 6) is -0.494. The Bertz CT molecular complexity index is 2470. The van der Waals surface area contributed by atoms with E-state index >= 15 is 0 Å². The number of rotatable bonds is 15. The number of hydrogen-bond acceptors (Lipinski definition) is 15. The van der Waals surface area contributed by atoms with Crippen LogP contribution in [0.3, 0.4) is 0 Å². The number of ether oxygens (including phenoxy) is 1. The molecular weight excluding hydrogens is 1260 g/mol. The predicted molar refractivity (Wildman–Crippen MR) is 417 cm³/mol. The molecule has 0 spiro atoms. The largest absolute Gasteiger partial charge is 0.400 e. The summed E-state index contributed by atoms with van der Waals surface area (Å²) in [5, 5.41) is 33.2. The molecule has 0 amide bonds. The number of nitriles is 1. The third-order valence-electron chi connectivity index (χ3n) is 9.19. The van der Waals surface area contributed by atoms with Crippen LogP contribution in [0.1, 0.15) is 79.5 Å². The molecule has 0 saturated carbocycles. The SMILES string of the molecule is C=CCNC.CCCc1ccc(F)cc1.CCCc1ccccc1.CCNC.CCc1ccc(F)cc1.CN.CN=CN(C)C.CNC.CNCc1ccc(C#N)cc1.CNCc1ccc(F)cc1.CNCc1ccccc1.CO.COC.CS(C)(=O)=O.CS(C)=O.CSC. The Morgan fingerprint density at radius 3 is 1.04 bits per heavy atom. The van der Waals surface area contributed by atoms with Gasteiger partial charge in [0.1, 0.15) is 27.3 Å². The maximum Gasteiger partial charge on any atom is 0.144 e. The van der Waals surface area contributed by atoms with Gasteiger partial charge >= 0.3 is 0 Å². The Morgan fingerprint density at radius 2 is 0.842 bits per heavy atom. The summed E-state index contributed by atoms with van der Waals surface area (Å²) in [6.45, 7) is 16.5. The molecule has 0 fully saturated rings. The molecule has 0 bridgehead atoms. The third kappa shape index (κ3) is 116. The summed E-state index contributed by atoms with van der Waals surface area (Å²) in [7, 11) is 21.4. The van der Waals surface area contributed by atoms with E-state index in [2.05, 4.69) is 123 Å². The molecule has 0 unspecified atom stereocenters. The van der Waals surface area contributed by atoms with Gasteiger partial charge in [-0.05, 0) is 177 Å². The van der Waals surface area contributed by atoms with Crippen molar-refractivity contribution in [2.75, 3.05) is 149 Å². The zero-order chi connectivity index (χ0) is 75.4. The van der Waals surface area contributed by atoms with Crippen LogP contribution in [0.2, 0.25) is 0 Å². The van der Waals surface area contributed by atoms with Gasteiger partial charge in [0.2, 0.25) is 0 Å². The summed E-state index contributed by atoms with van der Waals surface area (Å²) in [4.78, 5) is 5.62. The van der Waals surface area contributed by atoms with Crippen molar-refractivity contribution in [1.82, 2.24) is 36.8 Å². The number of aliphatic imine (C=N–C) groups is 1. The summed E-state index contributed by atoms with van der Waals surface area (Å²) < 4.78 is 69.9. The lowest BCUT2D eigenvalue weighted by Gasteiger charge is -1.98. The number of hydrogen-bond donors (Lipinski definition) is 8. The first kappa shape index (κ1) is 110. The van der Waals surface area contributed by atoms with Gasteiger partial charge in [0.05, 0.1) is 18.0 Å². The lowest BCUT2D eigenvalue weighted by Crippen LogP contribution is -2.06. The van der Waals surface area contributed by atoms with Crippen LogP contribution in [-0.4, -0.2) is 178 Å². The van der Waals surface area contributed by atoms with Gasteiger partial charge in [0, 0.05) is 104 Å². The highest BCUT2D eigenvalue weighted by atomic mass is 32.2. The molecule has 6 aromatic rings. The molecule has 0 aliphatic rings. The predicted octanol–water partition coefficient (Wildman–Crippen LogP) is 12.8. The van der Waals surface area contributed by atoms with Gasteiger partial charge in [-0.25, -0.2) is 21.6 Å². The quantitative estimate of drug-likeness (QED) is 0.0272. The van der Waals surface area contributed by atoms with Gasteiger partial charge in [-0.2, -0.15) is 17.0 Å². The number of nitrogens with one attached hydrogen (secondary N) is 6. The molecule has 21 heteroatoms. The molecule has 0 aliphatic heterocycles. The van der Waals surface area contributed by atoms with E-state index in [1.165, 1.54) is 84.1 Å². The number of methoxy groups -OCH3 is 1. The second-order valence-electron chi connectivity index (χ2n) is 19.2. The fraction of sp³-hybridized carbons (Fsp3) is 0.459. The molecule has 9 N–H and O–H groups in total. The van der Waals surface area contributed by atoms with Crippen molar-refractivity contribution in [3.63, 3.8) is 0 Å². The molecule has 0 aliphatic carbocycles. The molecule has 6 aromatic carbocycles. The monoisotopic (exact) mass is 1390 g/mol. The normalized spacial score (nSPS) is 8.81. The number of thioether (sulfide) groups is 1. The number of aryl methyl sites for hydroxylation is 3. The Balaban J connectivity index is -0.000000104. The van der Waals surface area contributed by atoms with Crippen molar-refractivity contribution in [3.8, 4) is 6.07 Å². The molecule has 546 valence electrons. The van der Waals surface area contributed by atoms with Gasteiger partial charge in [0.25, 0.3) is 0 Å². The van der Waals surface area contributed by atoms with E-state index in [4.69, 9.17) is 10.4 Å². The third-order valence-corrected chi connectivity index (χ3v) is 9.19. The smallest absolute Gasteiger partial charge is 0.144 e. The van der Waals surface area contributed by atoms with Crippen LogP contribution >= 0.6 is 11.8 Å². The molecule has 0 radical (unpaired) electrons. The average Bonchev–Trinajstić information content (AvgIpc) is 2.64. The molecule has 15 nitrogen and oxygen atoms in total. The first-order valence-electron chi connectivity index (χ1n) is 30.8. The topological polar surface area (TPSA) is 218 Å². The van der Waals surface area contributed by atoms with Gasteiger partial charge in [0.15, 0.2) is 0 Å². The number of aliphatic hydroxyl groups excluding tert-OH is 1. The van der Waals surface area contributed by atoms with Crippen LogP contribution in [-0.2, 0) is 64.3 Å². The fourth-order valence-electron chi connectivity index (χ4n) is 5.48. The maximum atomic E-state index is 12.3. The number of sulfone groups is 1. The highest BCUT2D eigenvalue weighted by Crippen LogP contribution is 2.06. The molecule has 0 saturated heterocycles. The van der Waals surface area contributed by atoms with Crippen molar-refractivity contribution in [3.05, 3.63) is 227 Å². The highest BCUT2D eigenvalue weighted by molar-refractivity contribution is 7.97. The van der Waals surface area contributed by atoms with Crippen molar-refractivity contribution in [1.29, 1.82) is 5.26 Å². The van der Waals surface area contributed by atoms with Gasteiger partial charge in [-0.3, -0.25) is 9.20 Å². The van der Waals surface area contributed by atoms with Crippen LogP contribution in [0, 0.1) is 28.8 Å². The van der Waals surface area contributed by atoms with Gasteiger partial charge < -0.3 is 52.4 Å². The summed E-state index contributed by atoms with van der Waals surface area (Å²) in [6.07, 6.45) is 18.8. The fourth-order valence-corrected chi connectivity index (χ4v) is 5.48. The van der Waals surface area contributed by atoms with E-state index in [1.807, 2.05) is 148 Å². The maximum absolute atomic E-state index is 12.3. The highest BCUT2D eigenvalue weighted by Gasteiger charge is 1.93. The number of nitrogens with zero attached hydrogens (tertiary/aromatic N) is 3. The number of nitrogens with two attached hydrogens (primary N) is 1. The van der Waals surface area contributed by atoms with Crippen LogP contribution < -0.4 is 37.6 Å². The molecular formula is C74H131F3N10O5S3. The van der Waals surface area contributed by atoms with Crippen molar-refractivity contribution < 1.29 is 35.6 Å². The minimum atomic E-state index is -2.67. The first-order chi connectivity index (χ1) is 45.3. The molecule has 0 atom stereocenters. The minimum absolute atomic E-state index is 0.153. The Hall–Kier alpha value is -6.10. The Labute approximate surface area is 585 Å². The Morgan fingerprint density at radius 1 is 0.589 bits per heavy atom. The van der Waals surface area contributed by atoms with Crippen LogP contribution in [0.4, 0.5) is 13.2 Å². The summed E-state index contributed by atoms with van der Waals surface area (Å²) in [5.41, 5.74) is 12.7. The van der Waals surface area contributed by atoms with Gasteiger partial charge in [-0.15, -0.1) is 6.58 Å². The van der Waals surface area contributed by atoms with E-state index in [0.29, 0.717) is 5.56 Å². The zero-order valence-electron chi connectivity index (χ0n) is 62.8. The number of aliphatic hydroxyl groups is 1. The van der Waals surface area contributed by atoms with Crippen molar-refractivity contribution in [2.45, 2.75) is 79.4 Å². The number of likely N-dealkylation sites (N-methyl/N-ethyl adjacent to an activating group) is 1. The molecule has 6 rings (SSSR count). The van der Waals surface area contributed by atoms with E-state index < -0.39 is 20.6 Å². The molecule has 0 heterocycles. The summed E-state index contributed by atoms with van der Waals surface area (Å²) >= 11 is 1.75. The first-order valence-corrected chi connectivity index (χ1v) is 36.7. The standard InChI is InChI=1S/C9H11F.C9H10N2.C9H12.C8H10FN.C8H9F.C8H11N.C4H10N2.C4H9N.C3H9N.C2H7N.C2H6O2S.C2H6OS.C2H6O.C2H6S.CH5N.CH4O/c1-2-3-8-4-6-9(10)7-5-8;1-11-7-9-4-2-8(6-10)3-5-9;1-2-6-9-7-4-3-5-8-9;1-10-6-7-2-4-8(9)5-3-7;1-2-7-3-5-8(9)6-4-7;1-9-7-8-5-3-2-4-6-8;1-5-4-6(2)3;1-3-4-5-2;1-3-4-2;1-3-2;1-5(2,3)4;1-4(2)3;2*1-3-2;2*1-2/h4-7H,2-3H2,1H3;2-5,11H,7H2,1H3;3-5,7-8H,2,6H2,1H3;2-5,10H,6H2,1H3;3-6H,2H2,1H3;2-6,9H,7H2,1H3;4H,1-3H3;3,5H,1,4H2,2H3;4H,3H2,1-2H3;3H,1-2H3;1-2H3;1-2H3;2*1-2H3;2H2,1H3;2H,1H3. The minimum Gasteiger partial charge on any atom is -0.400 e. The number of halogens is 3. The second-order valence-corrected chi connectivity index (χ2v) is 23.8.